The summed E-state index contributed by atoms with van der Waals surface area (Å²) in [5.41, 5.74) is 2.08. The molecule has 0 atom stereocenters. The van der Waals surface area contributed by atoms with Crippen LogP contribution in [0.3, 0.4) is 0 Å². The first-order valence-electron chi connectivity index (χ1n) is 5.79. The zero-order valence-electron chi connectivity index (χ0n) is 10.3. The minimum absolute atomic E-state index is 0.467. The molecule has 1 N–H and O–H groups in total. The van der Waals surface area contributed by atoms with Gasteiger partial charge >= 0.3 is 0 Å². The van der Waals surface area contributed by atoms with Crippen LogP contribution in [0.25, 0.3) is 5.69 Å². The van der Waals surface area contributed by atoms with Crippen LogP contribution < -0.4 is 5.32 Å². The smallest absolute Gasteiger partial charge is 0.0788 e. The molecule has 0 spiro atoms. The van der Waals surface area contributed by atoms with Gasteiger partial charge in [-0.25, -0.2) is 4.68 Å². The van der Waals surface area contributed by atoms with Crippen molar-refractivity contribution in [2.24, 2.45) is 0 Å². The molecular formula is C13H15Br2N3. The molecule has 0 amide bonds. The summed E-state index contributed by atoms with van der Waals surface area (Å²) >= 11 is 6.99. The Bertz CT molecular complexity index is 535. The molecule has 3 nitrogen and oxygen atoms in total. The molecule has 0 unspecified atom stereocenters. The van der Waals surface area contributed by atoms with E-state index in [4.69, 9.17) is 0 Å². The Morgan fingerprint density at radius 2 is 2.06 bits per heavy atom. The molecule has 18 heavy (non-hydrogen) atoms. The largest absolute Gasteiger partial charge is 0.309 e. The topological polar surface area (TPSA) is 29.9 Å². The van der Waals surface area contributed by atoms with Crippen LogP contribution in [0.5, 0.6) is 0 Å². The van der Waals surface area contributed by atoms with Crippen molar-refractivity contribution >= 4 is 31.9 Å². The summed E-state index contributed by atoms with van der Waals surface area (Å²) in [4.78, 5) is 0. The van der Waals surface area contributed by atoms with Crippen molar-refractivity contribution in [1.29, 1.82) is 0 Å². The zero-order chi connectivity index (χ0) is 13.1. The quantitative estimate of drug-likeness (QED) is 0.882. The molecule has 0 aliphatic heterocycles. The van der Waals surface area contributed by atoms with E-state index in [1.807, 2.05) is 35.1 Å². The number of rotatable bonds is 4. The lowest BCUT2D eigenvalue weighted by atomic mass is 10.3. The standard InChI is InChI=1S/C13H15Br2N3/c1-9(2)16-8-11-5-6-18(17-11)13-4-3-10(14)7-12(13)15/h3-7,9,16H,8H2,1-2H3. The molecule has 0 aliphatic rings. The highest BCUT2D eigenvalue weighted by atomic mass is 79.9. The average molecular weight is 373 g/mol. The normalized spacial score (nSPS) is 11.2. The van der Waals surface area contributed by atoms with E-state index < -0.39 is 0 Å². The van der Waals surface area contributed by atoms with Gasteiger partial charge in [-0.05, 0) is 40.2 Å². The number of hydrogen-bond donors (Lipinski definition) is 1. The third-order valence-corrected chi connectivity index (χ3v) is 3.62. The molecule has 1 aromatic carbocycles. The lowest BCUT2D eigenvalue weighted by Gasteiger charge is -2.06. The molecule has 2 aromatic rings. The van der Waals surface area contributed by atoms with Crippen LogP contribution in [0.2, 0.25) is 0 Å². The molecular weight excluding hydrogens is 358 g/mol. The van der Waals surface area contributed by atoms with E-state index in [1.54, 1.807) is 0 Å². The van der Waals surface area contributed by atoms with Crippen molar-refractivity contribution in [3.8, 4) is 5.69 Å². The van der Waals surface area contributed by atoms with Gasteiger partial charge in [-0.1, -0.05) is 29.8 Å². The lowest BCUT2D eigenvalue weighted by molar-refractivity contribution is 0.578. The highest BCUT2D eigenvalue weighted by Gasteiger charge is 2.05. The van der Waals surface area contributed by atoms with E-state index in [2.05, 4.69) is 56.1 Å². The predicted octanol–water partition coefficient (Wildman–Crippen LogP) is 3.90. The minimum atomic E-state index is 0.467. The fourth-order valence-electron chi connectivity index (χ4n) is 1.57. The van der Waals surface area contributed by atoms with Crippen molar-refractivity contribution in [2.75, 3.05) is 0 Å². The first-order valence-corrected chi connectivity index (χ1v) is 7.38. The third-order valence-electron chi connectivity index (χ3n) is 2.49. The van der Waals surface area contributed by atoms with Gasteiger partial charge < -0.3 is 5.32 Å². The second kappa shape index (κ2) is 5.99. The van der Waals surface area contributed by atoms with Crippen LogP contribution in [0, 0.1) is 0 Å². The summed E-state index contributed by atoms with van der Waals surface area (Å²) < 4.78 is 3.95. The van der Waals surface area contributed by atoms with Crippen molar-refractivity contribution in [2.45, 2.75) is 26.4 Å². The maximum Gasteiger partial charge on any atom is 0.0788 e. The minimum Gasteiger partial charge on any atom is -0.309 e. The second-order valence-corrected chi connectivity index (χ2v) is 6.15. The van der Waals surface area contributed by atoms with E-state index in [0.29, 0.717) is 6.04 Å². The van der Waals surface area contributed by atoms with E-state index in [0.717, 1.165) is 26.9 Å². The lowest BCUT2D eigenvalue weighted by Crippen LogP contribution is -2.22. The van der Waals surface area contributed by atoms with Crippen molar-refractivity contribution in [1.82, 2.24) is 15.1 Å². The Labute approximate surface area is 124 Å². The summed E-state index contributed by atoms with van der Waals surface area (Å²) in [5, 5.41) is 7.91. The Morgan fingerprint density at radius 3 is 2.72 bits per heavy atom. The van der Waals surface area contributed by atoms with Gasteiger partial charge in [-0.3, -0.25) is 0 Å². The van der Waals surface area contributed by atoms with Crippen molar-refractivity contribution in [3.63, 3.8) is 0 Å². The fraction of sp³-hybridized carbons (Fsp3) is 0.308. The number of aromatic nitrogens is 2. The van der Waals surface area contributed by atoms with Crippen LogP contribution in [0.15, 0.2) is 39.4 Å². The molecule has 96 valence electrons. The average Bonchev–Trinajstić information content (AvgIpc) is 2.75. The number of nitrogens with one attached hydrogen (secondary N) is 1. The number of halogens is 2. The van der Waals surface area contributed by atoms with Gasteiger partial charge in [0.15, 0.2) is 0 Å². The van der Waals surface area contributed by atoms with Crippen LogP contribution in [0.4, 0.5) is 0 Å². The molecule has 0 radical (unpaired) electrons. The Morgan fingerprint density at radius 1 is 1.28 bits per heavy atom. The first-order chi connectivity index (χ1) is 8.56. The molecule has 5 heteroatoms. The van der Waals surface area contributed by atoms with Gasteiger partial charge in [-0.2, -0.15) is 5.10 Å². The number of benzene rings is 1. The van der Waals surface area contributed by atoms with E-state index in [9.17, 15) is 0 Å². The van der Waals surface area contributed by atoms with Gasteiger partial charge in [0.05, 0.1) is 11.4 Å². The second-order valence-electron chi connectivity index (χ2n) is 4.38. The molecule has 0 bridgehead atoms. The maximum absolute atomic E-state index is 4.55. The number of nitrogens with zero attached hydrogens (tertiary/aromatic N) is 2. The molecule has 0 saturated carbocycles. The maximum atomic E-state index is 4.55. The Kier molecular flexibility index (Phi) is 4.59. The summed E-state index contributed by atoms with van der Waals surface area (Å²) in [5.74, 6) is 0. The summed E-state index contributed by atoms with van der Waals surface area (Å²) in [6, 6.07) is 8.55. The van der Waals surface area contributed by atoms with Gasteiger partial charge in [0.2, 0.25) is 0 Å². The van der Waals surface area contributed by atoms with Crippen LogP contribution in [0.1, 0.15) is 19.5 Å². The van der Waals surface area contributed by atoms with Crippen LogP contribution >= 0.6 is 31.9 Å². The molecule has 1 aromatic heterocycles. The van der Waals surface area contributed by atoms with Gasteiger partial charge in [0.1, 0.15) is 0 Å². The van der Waals surface area contributed by atoms with E-state index >= 15 is 0 Å². The molecule has 0 saturated heterocycles. The highest BCUT2D eigenvalue weighted by molar-refractivity contribution is 9.11. The van der Waals surface area contributed by atoms with Crippen molar-refractivity contribution in [3.05, 3.63) is 45.1 Å². The molecule has 2 rings (SSSR count). The van der Waals surface area contributed by atoms with Gasteiger partial charge in [0.25, 0.3) is 0 Å². The first kappa shape index (κ1) is 13.8. The van der Waals surface area contributed by atoms with Gasteiger partial charge in [0, 0.05) is 27.7 Å². The fourth-order valence-corrected chi connectivity index (χ4v) is 2.79. The van der Waals surface area contributed by atoms with Crippen LogP contribution in [-0.2, 0) is 6.54 Å². The summed E-state index contributed by atoms with van der Waals surface area (Å²) in [6.45, 7) is 5.05. The van der Waals surface area contributed by atoms with Crippen molar-refractivity contribution < 1.29 is 0 Å². The van der Waals surface area contributed by atoms with E-state index in [-0.39, 0.29) is 0 Å². The molecule has 1 heterocycles. The Balaban J connectivity index is 2.18. The third kappa shape index (κ3) is 3.43. The van der Waals surface area contributed by atoms with Gasteiger partial charge in [-0.15, -0.1) is 0 Å². The van der Waals surface area contributed by atoms with Crippen LogP contribution in [-0.4, -0.2) is 15.8 Å². The summed E-state index contributed by atoms with van der Waals surface area (Å²) in [7, 11) is 0. The molecule has 0 fully saturated rings. The monoisotopic (exact) mass is 371 g/mol. The summed E-state index contributed by atoms with van der Waals surface area (Å²) in [6.07, 6.45) is 1.98. The predicted molar refractivity (Wildman–Crippen MR) is 80.9 cm³/mol. The highest BCUT2D eigenvalue weighted by Crippen LogP contribution is 2.24. The SMILES string of the molecule is CC(C)NCc1ccn(-c2ccc(Br)cc2Br)n1. The number of hydrogen-bond acceptors (Lipinski definition) is 2. The zero-order valence-corrected chi connectivity index (χ0v) is 13.5. The Hall–Kier alpha value is -0.650. The van der Waals surface area contributed by atoms with E-state index in [1.165, 1.54) is 0 Å². The molecule has 0 aliphatic carbocycles.